The molecule has 0 aliphatic heterocycles. The zero-order valence-corrected chi connectivity index (χ0v) is 9.59. The van der Waals surface area contributed by atoms with Crippen molar-refractivity contribution in [3.63, 3.8) is 0 Å². The molecule has 0 unspecified atom stereocenters. The number of fused-ring (bicyclic) bond motifs is 1. The Morgan fingerprint density at radius 1 is 1.00 bits per heavy atom. The first-order valence-electron chi connectivity index (χ1n) is 5.60. The van der Waals surface area contributed by atoms with E-state index in [1.54, 1.807) is 0 Å². The fourth-order valence-corrected chi connectivity index (χ4v) is 2.03. The van der Waals surface area contributed by atoms with Crippen molar-refractivity contribution in [3.05, 3.63) is 54.7 Å². The summed E-state index contributed by atoms with van der Waals surface area (Å²) in [5.74, 6) is 1.02. The predicted octanol–water partition coefficient (Wildman–Crippen LogP) is 3.04. The number of aromatic nitrogens is 2. The molecule has 0 amide bonds. The first-order valence-corrected chi connectivity index (χ1v) is 5.60. The van der Waals surface area contributed by atoms with Crippen molar-refractivity contribution in [2.75, 3.05) is 12.4 Å². The van der Waals surface area contributed by atoms with E-state index < -0.39 is 0 Å². The van der Waals surface area contributed by atoms with Crippen LogP contribution in [-0.2, 0) is 0 Å². The second-order valence-corrected chi connectivity index (χ2v) is 3.85. The lowest BCUT2D eigenvalue weighted by Crippen LogP contribution is -1.95. The van der Waals surface area contributed by atoms with Gasteiger partial charge in [0, 0.05) is 18.8 Å². The van der Waals surface area contributed by atoms with Gasteiger partial charge in [-0.15, -0.1) is 0 Å². The van der Waals surface area contributed by atoms with Gasteiger partial charge in [-0.05, 0) is 12.1 Å². The molecule has 1 N–H and O–H groups in total. The van der Waals surface area contributed by atoms with Gasteiger partial charge in [0.25, 0.3) is 0 Å². The Morgan fingerprint density at radius 3 is 2.53 bits per heavy atom. The van der Waals surface area contributed by atoms with E-state index in [2.05, 4.69) is 26.8 Å². The summed E-state index contributed by atoms with van der Waals surface area (Å²) in [6, 6.07) is 16.2. The summed E-state index contributed by atoms with van der Waals surface area (Å²) in [6.07, 6.45) is 2.01. The third kappa shape index (κ3) is 1.56. The Labute approximate surface area is 99.7 Å². The molecular weight excluding hydrogens is 210 g/mol. The summed E-state index contributed by atoms with van der Waals surface area (Å²) in [5.41, 5.74) is 3.07. The van der Waals surface area contributed by atoms with E-state index in [-0.39, 0.29) is 0 Å². The van der Waals surface area contributed by atoms with Crippen molar-refractivity contribution >= 4 is 11.5 Å². The van der Waals surface area contributed by atoms with E-state index in [9.17, 15) is 0 Å². The second-order valence-electron chi connectivity index (χ2n) is 3.85. The van der Waals surface area contributed by atoms with Crippen LogP contribution in [0.1, 0.15) is 0 Å². The van der Waals surface area contributed by atoms with Gasteiger partial charge in [-0.3, -0.25) is 4.40 Å². The van der Waals surface area contributed by atoms with Crippen LogP contribution in [0.4, 0.5) is 5.82 Å². The van der Waals surface area contributed by atoms with Gasteiger partial charge in [-0.1, -0.05) is 36.4 Å². The number of hydrogen-bond acceptors (Lipinski definition) is 2. The fraction of sp³-hybridized carbons (Fsp3) is 0.0714. The predicted molar refractivity (Wildman–Crippen MR) is 70.2 cm³/mol. The lowest BCUT2D eigenvalue weighted by atomic mass is 10.1. The van der Waals surface area contributed by atoms with Gasteiger partial charge >= 0.3 is 0 Å². The van der Waals surface area contributed by atoms with Gasteiger partial charge in [-0.2, -0.15) is 0 Å². The number of rotatable bonds is 2. The monoisotopic (exact) mass is 223 g/mol. The largest absolute Gasteiger partial charge is 0.372 e. The van der Waals surface area contributed by atoms with Gasteiger partial charge in [0.1, 0.15) is 17.2 Å². The Hall–Kier alpha value is -2.29. The Balaban J connectivity index is 2.30. The number of anilines is 1. The zero-order valence-electron chi connectivity index (χ0n) is 9.59. The van der Waals surface area contributed by atoms with E-state index >= 15 is 0 Å². The molecule has 84 valence electrons. The maximum Gasteiger partial charge on any atom is 0.139 e. The Morgan fingerprint density at radius 2 is 1.76 bits per heavy atom. The van der Waals surface area contributed by atoms with E-state index in [1.807, 2.05) is 49.6 Å². The summed E-state index contributed by atoms with van der Waals surface area (Å²) >= 11 is 0. The van der Waals surface area contributed by atoms with Crippen molar-refractivity contribution in [1.82, 2.24) is 9.38 Å². The molecule has 0 saturated heterocycles. The Kier molecular flexibility index (Phi) is 2.29. The number of nitrogens with one attached hydrogen (secondary N) is 1. The van der Waals surface area contributed by atoms with Crippen molar-refractivity contribution in [1.29, 1.82) is 0 Å². The van der Waals surface area contributed by atoms with Gasteiger partial charge in [0.15, 0.2) is 0 Å². The molecule has 2 heterocycles. The van der Waals surface area contributed by atoms with Crippen LogP contribution < -0.4 is 5.32 Å². The molecule has 1 aromatic carbocycles. The highest BCUT2D eigenvalue weighted by Crippen LogP contribution is 2.27. The summed E-state index contributed by atoms with van der Waals surface area (Å²) in [7, 11) is 1.92. The van der Waals surface area contributed by atoms with Crippen LogP contribution in [0.25, 0.3) is 16.9 Å². The molecule has 0 aliphatic carbocycles. The number of imidazole rings is 1. The highest BCUT2D eigenvalue weighted by Gasteiger charge is 2.11. The third-order valence-electron chi connectivity index (χ3n) is 2.81. The molecule has 0 atom stereocenters. The molecule has 2 aromatic heterocycles. The molecule has 3 nitrogen and oxygen atoms in total. The topological polar surface area (TPSA) is 29.3 Å². The average Bonchev–Trinajstić information content (AvgIpc) is 2.78. The molecule has 3 heteroatoms. The summed E-state index contributed by atoms with van der Waals surface area (Å²) < 4.78 is 2.06. The standard InChI is InChI=1S/C14H13N3/c1-15-14-13(11-7-3-2-4-8-11)16-12-9-5-6-10-17(12)14/h2-10,15H,1H3. The molecule has 3 aromatic rings. The molecule has 0 spiro atoms. The lowest BCUT2D eigenvalue weighted by molar-refractivity contribution is 1.18. The molecular formula is C14H13N3. The third-order valence-corrected chi connectivity index (χ3v) is 2.81. The van der Waals surface area contributed by atoms with Crippen LogP contribution in [0.5, 0.6) is 0 Å². The molecule has 0 fully saturated rings. The van der Waals surface area contributed by atoms with E-state index in [1.165, 1.54) is 0 Å². The maximum atomic E-state index is 4.65. The van der Waals surface area contributed by atoms with Crippen LogP contribution in [0.15, 0.2) is 54.7 Å². The molecule has 0 saturated carbocycles. The average molecular weight is 223 g/mol. The van der Waals surface area contributed by atoms with Crippen LogP contribution in [0, 0.1) is 0 Å². The minimum absolute atomic E-state index is 0.954. The molecule has 3 rings (SSSR count). The van der Waals surface area contributed by atoms with Crippen molar-refractivity contribution in [2.24, 2.45) is 0 Å². The maximum absolute atomic E-state index is 4.65. The fourth-order valence-electron chi connectivity index (χ4n) is 2.03. The quantitative estimate of drug-likeness (QED) is 0.723. The lowest BCUT2D eigenvalue weighted by Gasteiger charge is -2.03. The van der Waals surface area contributed by atoms with Crippen LogP contribution >= 0.6 is 0 Å². The first kappa shape index (κ1) is 9.90. The zero-order chi connectivity index (χ0) is 11.7. The molecule has 0 aliphatic rings. The number of hydrogen-bond donors (Lipinski definition) is 1. The van der Waals surface area contributed by atoms with Gasteiger partial charge in [0.05, 0.1) is 0 Å². The number of benzene rings is 1. The summed E-state index contributed by atoms with van der Waals surface area (Å²) in [6.45, 7) is 0. The van der Waals surface area contributed by atoms with Crippen LogP contribution in [0.2, 0.25) is 0 Å². The number of nitrogens with zero attached hydrogens (tertiary/aromatic N) is 2. The second kappa shape index (κ2) is 3.94. The summed E-state index contributed by atoms with van der Waals surface area (Å²) in [5, 5.41) is 3.22. The normalized spacial score (nSPS) is 10.6. The smallest absolute Gasteiger partial charge is 0.139 e. The molecule has 17 heavy (non-hydrogen) atoms. The number of pyridine rings is 1. The molecule has 0 bridgehead atoms. The van der Waals surface area contributed by atoms with Crippen LogP contribution in [-0.4, -0.2) is 16.4 Å². The molecule has 0 radical (unpaired) electrons. The van der Waals surface area contributed by atoms with Crippen molar-refractivity contribution in [3.8, 4) is 11.3 Å². The first-order chi connectivity index (χ1) is 8.40. The van der Waals surface area contributed by atoms with Gasteiger partial charge in [-0.25, -0.2) is 4.98 Å². The SMILES string of the molecule is CNc1c(-c2ccccc2)nc2ccccn12. The van der Waals surface area contributed by atoms with E-state index in [0.29, 0.717) is 0 Å². The van der Waals surface area contributed by atoms with E-state index in [4.69, 9.17) is 0 Å². The summed E-state index contributed by atoms with van der Waals surface area (Å²) in [4.78, 5) is 4.65. The van der Waals surface area contributed by atoms with Crippen LogP contribution in [0.3, 0.4) is 0 Å². The van der Waals surface area contributed by atoms with Gasteiger partial charge in [0.2, 0.25) is 0 Å². The van der Waals surface area contributed by atoms with E-state index in [0.717, 1.165) is 22.7 Å². The van der Waals surface area contributed by atoms with Crippen molar-refractivity contribution in [2.45, 2.75) is 0 Å². The minimum atomic E-state index is 0.954. The van der Waals surface area contributed by atoms with Gasteiger partial charge < -0.3 is 5.32 Å². The highest BCUT2D eigenvalue weighted by atomic mass is 15.1. The highest BCUT2D eigenvalue weighted by molar-refractivity contribution is 5.76. The van der Waals surface area contributed by atoms with Crippen molar-refractivity contribution < 1.29 is 0 Å². The minimum Gasteiger partial charge on any atom is -0.372 e. The Bertz CT molecular complexity index is 641.